The predicted octanol–water partition coefficient (Wildman–Crippen LogP) is 4.18. The highest BCUT2D eigenvalue weighted by Crippen LogP contribution is 2.36. The van der Waals surface area contributed by atoms with Crippen LogP contribution in [-0.2, 0) is 15.8 Å². The number of halogens is 4. The minimum Gasteiger partial charge on any atom is -0.352 e. The van der Waals surface area contributed by atoms with Gasteiger partial charge in [0.15, 0.2) is 0 Å². The Labute approximate surface area is 173 Å². The number of amides is 3. The van der Waals surface area contributed by atoms with Gasteiger partial charge in [-0.25, -0.2) is 0 Å². The quantitative estimate of drug-likeness (QED) is 0.590. The Bertz CT molecular complexity index is 915. The summed E-state index contributed by atoms with van der Waals surface area (Å²) in [5.74, 6) is -1.61. The van der Waals surface area contributed by atoms with Crippen molar-refractivity contribution in [2.24, 2.45) is 0 Å². The van der Waals surface area contributed by atoms with Gasteiger partial charge in [-0.15, -0.1) is 0 Å². The van der Waals surface area contributed by atoms with Gasteiger partial charge >= 0.3 is 6.18 Å². The number of benzene rings is 2. The molecule has 0 aromatic heterocycles. The molecule has 0 saturated carbocycles. The molecule has 0 fully saturated rings. The zero-order chi connectivity index (χ0) is 21.6. The Morgan fingerprint density at radius 2 is 1.66 bits per heavy atom. The fourth-order valence-electron chi connectivity index (χ4n) is 2.37. The molecule has 0 aliphatic carbocycles. The summed E-state index contributed by atoms with van der Waals surface area (Å²) in [5.41, 5.74) is -1.17. The average Bonchev–Trinajstić information content (AvgIpc) is 2.62. The molecule has 6 nitrogen and oxygen atoms in total. The molecule has 0 saturated heterocycles. The van der Waals surface area contributed by atoms with Crippen LogP contribution < -0.4 is 16.0 Å². The first-order valence-corrected chi connectivity index (χ1v) is 9.18. The minimum atomic E-state index is -4.73. The van der Waals surface area contributed by atoms with Gasteiger partial charge < -0.3 is 16.0 Å². The summed E-state index contributed by atoms with van der Waals surface area (Å²) in [6.45, 7) is 1.12. The molecular weight excluding hydrogens is 455 g/mol. The molecule has 154 valence electrons. The third-order valence-electron chi connectivity index (χ3n) is 3.66. The number of hydrogen-bond donors (Lipinski definition) is 3. The van der Waals surface area contributed by atoms with Gasteiger partial charge in [0.2, 0.25) is 11.8 Å². The second-order valence-corrected chi connectivity index (χ2v) is 6.92. The lowest BCUT2D eigenvalue weighted by atomic mass is 10.1. The van der Waals surface area contributed by atoms with E-state index < -0.39 is 35.1 Å². The molecule has 3 N–H and O–H groups in total. The summed E-state index contributed by atoms with van der Waals surface area (Å²) in [6.07, 6.45) is -4.94. The molecule has 0 bridgehead atoms. The van der Waals surface area contributed by atoms with E-state index in [1.165, 1.54) is 13.0 Å². The topological polar surface area (TPSA) is 87.3 Å². The zero-order valence-electron chi connectivity index (χ0n) is 15.2. The van der Waals surface area contributed by atoms with Gasteiger partial charge in [-0.2, -0.15) is 13.2 Å². The normalized spacial score (nSPS) is 10.9. The molecule has 0 aliphatic rings. The molecule has 0 atom stereocenters. The van der Waals surface area contributed by atoms with Crippen LogP contribution in [0.3, 0.4) is 0 Å². The molecule has 0 radical (unpaired) electrons. The highest BCUT2D eigenvalue weighted by Gasteiger charge is 2.34. The lowest BCUT2D eigenvalue weighted by Gasteiger charge is -2.15. The maximum Gasteiger partial charge on any atom is 0.418 e. The first-order valence-electron chi connectivity index (χ1n) is 8.38. The van der Waals surface area contributed by atoms with Gasteiger partial charge in [0.1, 0.15) is 0 Å². The van der Waals surface area contributed by atoms with Crippen LogP contribution >= 0.6 is 15.9 Å². The summed E-state index contributed by atoms with van der Waals surface area (Å²) in [7, 11) is 0. The van der Waals surface area contributed by atoms with Crippen molar-refractivity contribution in [3.8, 4) is 0 Å². The van der Waals surface area contributed by atoms with E-state index in [1.54, 1.807) is 24.3 Å². The van der Waals surface area contributed by atoms with Gasteiger partial charge in [0, 0.05) is 35.6 Å². The fourth-order valence-corrected chi connectivity index (χ4v) is 2.64. The summed E-state index contributed by atoms with van der Waals surface area (Å²) in [6, 6.07) is 9.60. The molecule has 2 aromatic carbocycles. The molecule has 3 amide bonds. The molecule has 0 unspecified atom stereocenters. The average molecular weight is 472 g/mol. The van der Waals surface area contributed by atoms with E-state index in [2.05, 4.69) is 31.9 Å². The van der Waals surface area contributed by atoms with Crippen LogP contribution in [0.15, 0.2) is 46.9 Å². The monoisotopic (exact) mass is 471 g/mol. The maximum atomic E-state index is 13.3. The lowest BCUT2D eigenvalue weighted by Crippen LogP contribution is -2.28. The van der Waals surface area contributed by atoms with Crippen molar-refractivity contribution in [3.63, 3.8) is 0 Å². The van der Waals surface area contributed by atoms with Crippen molar-refractivity contribution in [3.05, 3.63) is 58.1 Å². The standard InChI is InChI=1S/C19H17BrF3N3O3/c1-11(27)25-14-6-7-16(15(10-14)19(21,22)23)26-17(28)8-9-24-18(29)12-2-4-13(20)5-3-12/h2-7,10H,8-9H2,1H3,(H,24,29)(H,25,27)(H,26,28). The molecule has 2 aromatic rings. The smallest absolute Gasteiger partial charge is 0.352 e. The largest absolute Gasteiger partial charge is 0.418 e. The molecule has 0 heterocycles. The van der Waals surface area contributed by atoms with Gasteiger partial charge in [0.05, 0.1) is 11.3 Å². The van der Waals surface area contributed by atoms with Crippen molar-refractivity contribution in [2.75, 3.05) is 17.2 Å². The Morgan fingerprint density at radius 1 is 1.00 bits per heavy atom. The van der Waals surface area contributed by atoms with E-state index in [-0.39, 0.29) is 18.7 Å². The number of anilines is 2. The van der Waals surface area contributed by atoms with Crippen LogP contribution in [0.5, 0.6) is 0 Å². The highest BCUT2D eigenvalue weighted by atomic mass is 79.9. The third kappa shape index (κ3) is 6.90. The van der Waals surface area contributed by atoms with Crippen molar-refractivity contribution in [2.45, 2.75) is 19.5 Å². The SMILES string of the molecule is CC(=O)Nc1ccc(NC(=O)CCNC(=O)c2ccc(Br)cc2)c(C(F)(F)F)c1. The Kier molecular flexibility index (Phi) is 7.38. The van der Waals surface area contributed by atoms with E-state index >= 15 is 0 Å². The number of carbonyl (C=O) groups excluding carboxylic acids is 3. The number of alkyl halides is 3. The van der Waals surface area contributed by atoms with E-state index in [4.69, 9.17) is 0 Å². The van der Waals surface area contributed by atoms with Gasteiger partial charge in [-0.05, 0) is 42.5 Å². The molecule has 10 heteroatoms. The molecule has 29 heavy (non-hydrogen) atoms. The Morgan fingerprint density at radius 3 is 2.24 bits per heavy atom. The van der Waals surface area contributed by atoms with E-state index in [0.29, 0.717) is 5.56 Å². The maximum absolute atomic E-state index is 13.3. The number of rotatable bonds is 6. The highest BCUT2D eigenvalue weighted by molar-refractivity contribution is 9.10. The first-order chi connectivity index (χ1) is 13.6. The first kappa shape index (κ1) is 22.4. The van der Waals surface area contributed by atoms with Crippen LogP contribution in [0.25, 0.3) is 0 Å². The van der Waals surface area contributed by atoms with Crippen molar-refractivity contribution < 1.29 is 27.6 Å². The van der Waals surface area contributed by atoms with Gasteiger partial charge in [-0.3, -0.25) is 14.4 Å². The third-order valence-corrected chi connectivity index (χ3v) is 4.19. The lowest BCUT2D eigenvalue weighted by molar-refractivity contribution is -0.137. The van der Waals surface area contributed by atoms with Crippen LogP contribution in [0.2, 0.25) is 0 Å². The van der Waals surface area contributed by atoms with Crippen molar-refractivity contribution >= 4 is 45.0 Å². The Balaban J connectivity index is 1.98. The second kappa shape index (κ2) is 9.55. The van der Waals surface area contributed by atoms with Gasteiger partial charge in [-0.1, -0.05) is 15.9 Å². The van der Waals surface area contributed by atoms with E-state index in [1.807, 2.05) is 0 Å². The number of nitrogens with one attached hydrogen (secondary N) is 3. The summed E-state index contributed by atoms with van der Waals surface area (Å²) >= 11 is 3.25. The summed E-state index contributed by atoms with van der Waals surface area (Å²) < 4.78 is 40.6. The second-order valence-electron chi connectivity index (χ2n) is 6.00. The summed E-state index contributed by atoms with van der Waals surface area (Å²) in [4.78, 5) is 35.0. The van der Waals surface area contributed by atoms with Crippen LogP contribution in [0.4, 0.5) is 24.5 Å². The molecular formula is C19H17BrF3N3O3. The van der Waals surface area contributed by atoms with Crippen LogP contribution in [0.1, 0.15) is 29.3 Å². The minimum absolute atomic E-state index is 0.0374. The Hall–Kier alpha value is -2.88. The molecule has 0 spiro atoms. The molecule has 2 rings (SSSR count). The fraction of sp³-hybridized carbons (Fsp3) is 0.211. The van der Waals surface area contributed by atoms with Crippen molar-refractivity contribution in [1.29, 1.82) is 0 Å². The summed E-state index contributed by atoms with van der Waals surface area (Å²) in [5, 5.41) is 6.98. The predicted molar refractivity (Wildman–Crippen MR) is 105 cm³/mol. The van der Waals surface area contributed by atoms with Crippen LogP contribution in [0, 0.1) is 0 Å². The number of hydrogen-bond acceptors (Lipinski definition) is 3. The molecule has 0 aliphatic heterocycles. The van der Waals surface area contributed by atoms with Crippen LogP contribution in [-0.4, -0.2) is 24.3 Å². The van der Waals surface area contributed by atoms with E-state index in [9.17, 15) is 27.6 Å². The zero-order valence-corrected chi connectivity index (χ0v) is 16.8. The van der Waals surface area contributed by atoms with Crippen molar-refractivity contribution in [1.82, 2.24) is 5.32 Å². The van der Waals surface area contributed by atoms with Gasteiger partial charge in [0.25, 0.3) is 5.91 Å². The number of carbonyl (C=O) groups is 3. The van der Waals surface area contributed by atoms with E-state index in [0.717, 1.165) is 16.6 Å².